The summed E-state index contributed by atoms with van der Waals surface area (Å²) in [7, 11) is 1.83. The summed E-state index contributed by atoms with van der Waals surface area (Å²) in [5.74, 6) is -0.450. The van der Waals surface area contributed by atoms with Gasteiger partial charge in [-0.25, -0.2) is 4.39 Å². The van der Waals surface area contributed by atoms with E-state index in [1.165, 1.54) is 24.3 Å². The number of nitrogens with zero attached hydrogens (tertiary/aromatic N) is 1. The molecule has 0 saturated carbocycles. The fourth-order valence-corrected chi connectivity index (χ4v) is 2.83. The smallest absolute Gasteiger partial charge is 0.193 e. The number of rotatable bonds is 6. The van der Waals surface area contributed by atoms with Crippen LogP contribution >= 0.6 is 0 Å². The van der Waals surface area contributed by atoms with Crippen LogP contribution in [-0.2, 0) is 12.0 Å². The van der Waals surface area contributed by atoms with Crippen LogP contribution in [0.1, 0.15) is 47.8 Å². The molecule has 5 heteroatoms. The van der Waals surface area contributed by atoms with Crippen molar-refractivity contribution >= 4 is 5.78 Å². The third kappa shape index (κ3) is 4.68. The van der Waals surface area contributed by atoms with E-state index in [9.17, 15) is 14.3 Å². The van der Waals surface area contributed by atoms with Gasteiger partial charge >= 0.3 is 0 Å². The number of aromatic hydroxyl groups is 1. The Hall–Kier alpha value is -2.24. The van der Waals surface area contributed by atoms with Crippen LogP contribution < -0.4 is 0 Å². The highest BCUT2D eigenvalue weighted by atomic mass is 19.1. The van der Waals surface area contributed by atoms with Crippen LogP contribution in [0, 0.1) is 5.82 Å². The molecule has 0 aliphatic heterocycles. The number of likely N-dealkylation sites (N-methyl/N-ethyl adjacent to an activating group) is 1. The molecule has 0 aliphatic carbocycles. The molecular formula is C21H26FNO3. The maximum Gasteiger partial charge on any atom is 0.193 e. The molecule has 0 bridgehead atoms. The summed E-state index contributed by atoms with van der Waals surface area (Å²) in [5, 5.41) is 19.8. The molecule has 0 radical (unpaired) electrons. The van der Waals surface area contributed by atoms with Crippen molar-refractivity contribution in [3.8, 4) is 5.75 Å². The number of ketones is 1. The maximum atomic E-state index is 13.1. The van der Waals surface area contributed by atoms with Crippen molar-refractivity contribution in [2.24, 2.45) is 0 Å². The van der Waals surface area contributed by atoms with Crippen molar-refractivity contribution < 1.29 is 19.4 Å². The molecule has 2 aromatic carbocycles. The topological polar surface area (TPSA) is 60.8 Å². The summed E-state index contributed by atoms with van der Waals surface area (Å²) < 4.78 is 13.1. The molecule has 0 aliphatic rings. The summed E-state index contributed by atoms with van der Waals surface area (Å²) in [5.41, 5.74) is 1.79. The average Bonchev–Trinajstić information content (AvgIpc) is 2.56. The van der Waals surface area contributed by atoms with Crippen LogP contribution in [0.3, 0.4) is 0 Å². The lowest BCUT2D eigenvalue weighted by Gasteiger charge is -2.25. The number of benzene rings is 2. The molecule has 140 valence electrons. The van der Waals surface area contributed by atoms with Crippen molar-refractivity contribution in [1.82, 2.24) is 4.90 Å². The number of phenols is 1. The number of aliphatic hydroxyl groups excluding tert-OH is 1. The van der Waals surface area contributed by atoms with Gasteiger partial charge in [-0.05, 0) is 48.9 Å². The molecule has 0 amide bonds. The lowest BCUT2D eigenvalue weighted by molar-refractivity contribution is 0.103. The zero-order valence-corrected chi connectivity index (χ0v) is 15.7. The minimum Gasteiger partial charge on any atom is -0.507 e. The predicted molar refractivity (Wildman–Crippen MR) is 100 cm³/mol. The van der Waals surface area contributed by atoms with Crippen molar-refractivity contribution in [1.29, 1.82) is 0 Å². The Kier molecular flexibility index (Phi) is 6.16. The number of carbonyl (C=O) groups excluding carboxylic acids is 1. The van der Waals surface area contributed by atoms with Gasteiger partial charge in [0.05, 0.1) is 6.61 Å². The first-order valence-electron chi connectivity index (χ1n) is 8.59. The van der Waals surface area contributed by atoms with Crippen LogP contribution in [0.25, 0.3) is 0 Å². The third-order valence-electron chi connectivity index (χ3n) is 4.29. The van der Waals surface area contributed by atoms with Crippen LogP contribution in [0.5, 0.6) is 5.75 Å². The summed E-state index contributed by atoms with van der Waals surface area (Å²) in [6.45, 7) is 6.78. The summed E-state index contributed by atoms with van der Waals surface area (Å²) >= 11 is 0. The van der Waals surface area contributed by atoms with Gasteiger partial charge in [-0.2, -0.15) is 0 Å². The highest BCUT2D eigenvalue weighted by Crippen LogP contribution is 2.35. The number of phenolic OH excluding ortho intramolecular Hbond substituents is 1. The Morgan fingerprint density at radius 3 is 2.27 bits per heavy atom. The average molecular weight is 359 g/mol. The summed E-state index contributed by atoms with van der Waals surface area (Å²) in [4.78, 5) is 14.7. The van der Waals surface area contributed by atoms with Crippen molar-refractivity contribution in [2.45, 2.75) is 32.7 Å². The second-order valence-electron chi connectivity index (χ2n) is 7.58. The van der Waals surface area contributed by atoms with Gasteiger partial charge in [0, 0.05) is 35.3 Å². The van der Waals surface area contributed by atoms with E-state index >= 15 is 0 Å². The van der Waals surface area contributed by atoms with Crippen LogP contribution in [0.15, 0.2) is 36.4 Å². The molecule has 0 spiro atoms. The van der Waals surface area contributed by atoms with Crippen molar-refractivity contribution in [3.63, 3.8) is 0 Å². The van der Waals surface area contributed by atoms with Crippen LogP contribution in [0.4, 0.5) is 4.39 Å². The molecular weight excluding hydrogens is 333 g/mol. The van der Waals surface area contributed by atoms with Crippen LogP contribution in [0.2, 0.25) is 0 Å². The van der Waals surface area contributed by atoms with Gasteiger partial charge in [-0.15, -0.1) is 0 Å². The number of halogens is 1. The molecule has 0 aromatic heterocycles. The summed E-state index contributed by atoms with van der Waals surface area (Å²) in [6.07, 6.45) is 0. The van der Waals surface area contributed by atoms with E-state index in [-0.39, 0.29) is 23.6 Å². The maximum absolute atomic E-state index is 13.1. The van der Waals surface area contributed by atoms with E-state index in [0.29, 0.717) is 35.3 Å². The minimum atomic E-state index is -0.394. The fourth-order valence-electron chi connectivity index (χ4n) is 2.83. The molecule has 4 nitrogen and oxygen atoms in total. The molecule has 0 heterocycles. The molecule has 0 unspecified atom stereocenters. The van der Waals surface area contributed by atoms with Gasteiger partial charge in [0.25, 0.3) is 0 Å². The molecule has 26 heavy (non-hydrogen) atoms. The second kappa shape index (κ2) is 7.98. The third-order valence-corrected chi connectivity index (χ3v) is 4.29. The monoisotopic (exact) mass is 359 g/mol. The van der Waals surface area contributed by atoms with E-state index in [0.717, 1.165) is 0 Å². The number of hydrogen-bond donors (Lipinski definition) is 2. The SMILES string of the molecule is CN(CCO)Cc1cc(C(=O)c2ccc(F)cc2)cc(C(C)(C)C)c1O. The molecule has 2 aromatic rings. The van der Waals surface area contributed by atoms with Crippen LogP contribution in [-0.4, -0.2) is 41.1 Å². The van der Waals surface area contributed by atoms with E-state index in [1.807, 2.05) is 32.7 Å². The Morgan fingerprint density at radius 1 is 1.12 bits per heavy atom. The Morgan fingerprint density at radius 2 is 1.73 bits per heavy atom. The summed E-state index contributed by atoms with van der Waals surface area (Å²) in [6, 6.07) is 8.81. The zero-order chi connectivity index (χ0) is 19.5. The Labute approximate surface area is 153 Å². The molecule has 2 rings (SSSR count). The largest absolute Gasteiger partial charge is 0.507 e. The predicted octanol–water partition coefficient (Wildman–Crippen LogP) is 3.48. The highest BCUT2D eigenvalue weighted by molar-refractivity contribution is 6.09. The number of hydrogen-bond acceptors (Lipinski definition) is 4. The van der Waals surface area contributed by atoms with E-state index in [2.05, 4.69) is 0 Å². The lowest BCUT2D eigenvalue weighted by Crippen LogP contribution is -2.22. The van der Waals surface area contributed by atoms with Gasteiger partial charge in [0.15, 0.2) is 5.78 Å². The van der Waals surface area contributed by atoms with Crippen molar-refractivity contribution in [3.05, 3.63) is 64.5 Å². The first-order valence-corrected chi connectivity index (χ1v) is 8.59. The molecule has 0 atom stereocenters. The fraction of sp³-hybridized carbons (Fsp3) is 0.381. The standard InChI is InChI=1S/C21H26FNO3/c1-21(2,3)18-12-15(19(25)14-5-7-17(22)8-6-14)11-16(20(18)26)13-23(4)9-10-24/h5-8,11-12,24,26H,9-10,13H2,1-4H3. The van der Waals surface area contributed by atoms with Gasteiger partial charge < -0.3 is 10.2 Å². The van der Waals surface area contributed by atoms with E-state index < -0.39 is 5.82 Å². The van der Waals surface area contributed by atoms with Gasteiger partial charge in [0.1, 0.15) is 11.6 Å². The zero-order valence-electron chi connectivity index (χ0n) is 15.7. The Bertz CT molecular complexity index is 779. The minimum absolute atomic E-state index is 0.0115. The molecule has 0 saturated heterocycles. The molecule has 2 N–H and O–H groups in total. The van der Waals surface area contributed by atoms with E-state index in [1.54, 1.807) is 12.1 Å². The normalized spacial score (nSPS) is 11.8. The Balaban J connectivity index is 2.51. The van der Waals surface area contributed by atoms with Crippen molar-refractivity contribution in [2.75, 3.05) is 20.2 Å². The number of carbonyl (C=O) groups is 1. The number of aliphatic hydroxyl groups is 1. The van der Waals surface area contributed by atoms with E-state index in [4.69, 9.17) is 5.11 Å². The van der Waals surface area contributed by atoms with Gasteiger partial charge in [0.2, 0.25) is 0 Å². The highest BCUT2D eigenvalue weighted by Gasteiger charge is 2.24. The quantitative estimate of drug-likeness (QED) is 0.775. The van der Waals surface area contributed by atoms with Gasteiger partial charge in [-0.1, -0.05) is 20.8 Å². The first kappa shape index (κ1) is 20.1. The second-order valence-corrected chi connectivity index (χ2v) is 7.58. The first-order chi connectivity index (χ1) is 12.1. The van der Waals surface area contributed by atoms with Gasteiger partial charge in [-0.3, -0.25) is 9.69 Å². The lowest BCUT2D eigenvalue weighted by atomic mass is 9.83. The molecule has 0 fully saturated rings.